The summed E-state index contributed by atoms with van der Waals surface area (Å²) in [5.74, 6) is -0.276. The van der Waals surface area contributed by atoms with Crippen molar-refractivity contribution >= 4 is 5.97 Å². The van der Waals surface area contributed by atoms with E-state index in [2.05, 4.69) is 6.07 Å². The predicted octanol–water partition coefficient (Wildman–Crippen LogP) is 3.21. The zero-order chi connectivity index (χ0) is 14.0. The average molecular weight is 261 g/mol. The molecule has 19 heavy (non-hydrogen) atoms. The highest BCUT2D eigenvalue weighted by molar-refractivity contribution is 5.91. The Kier molecular flexibility index (Phi) is 3.95. The third kappa shape index (κ3) is 2.66. The summed E-state index contributed by atoms with van der Waals surface area (Å²) in [7, 11) is 1.42. The number of nitrogens with two attached hydrogens (primary N) is 1. The molecule has 1 fully saturated rings. The van der Waals surface area contributed by atoms with Crippen LogP contribution in [0.4, 0.5) is 0 Å². The Hall–Kier alpha value is -1.35. The van der Waals surface area contributed by atoms with Gasteiger partial charge in [0.05, 0.1) is 12.7 Å². The Morgan fingerprint density at radius 1 is 1.21 bits per heavy atom. The molecule has 0 heterocycles. The molecule has 1 aliphatic carbocycles. The van der Waals surface area contributed by atoms with Gasteiger partial charge in [-0.2, -0.15) is 0 Å². The highest BCUT2D eigenvalue weighted by Crippen LogP contribution is 2.36. The first-order valence-corrected chi connectivity index (χ1v) is 6.97. The van der Waals surface area contributed by atoms with Crippen molar-refractivity contribution in [2.45, 2.75) is 51.5 Å². The summed E-state index contributed by atoms with van der Waals surface area (Å²) in [5.41, 5.74) is 10.1. The molecular formula is C16H23NO2. The van der Waals surface area contributed by atoms with Gasteiger partial charge in [-0.25, -0.2) is 4.79 Å². The fraction of sp³-hybridized carbons (Fsp3) is 0.562. The number of hydrogen-bond donors (Lipinski definition) is 1. The van der Waals surface area contributed by atoms with E-state index in [1.54, 1.807) is 0 Å². The van der Waals surface area contributed by atoms with Gasteiger partial charge in [-0.05, 0) is 49.4 Å². The van der Waals surface area contributed by atoms with Crippen LogP contribution in [0.3, 0.4) is 0 Å². The molecule has 1 saturated carbocycles. The van der Waals surface area contributed by atoms with Gasteiger partial charge < -0.3 is 10.5 Å². The number of benzene rings is 1. The third-order valence-corrected chi connectivity index (χ3v) is 4.39. The van der Waals surface area contributed by atoms with Gasteiger partial charge >= 0.3 is 5.97 Å². The average Bonchev–Trinajstić information content (AvgIpc) is 2.41. The normalized spacial score (nSPS) is 18.1. The quantitative estimate of drug-likeness (QED) is 0.832. The lowest BCUT2D eigenvalue weighted by atomic mass is 9.76. The molecule has 0 aliphatic heterocycles. The first kappa shape index (κ1) is 14.1. The van der Waals surface area contributed by atoms with Gasteiger partial charge in [0, 0.05) is 5.54 Å². The number of carbonyl (C=O) groups is 1. The summed E-state index contributed by atoms with van der Waals surface area (Å²) in [6.45, 7) is 3.98. The highest BCUT2D eigenvalue weighted by Gasteiger charge is 2.30. The molecule has 0 bridgehead atoms. The number of rotatable bonds is 2. The molecule has 0 amide bonds. The van der Waals surface area contributed by atoms with Crippen molar-refractivity contribution in [3.63, 3.8) is 0 Å². The second-order valence-corrected chi connectivity index (χ2v) is 5.67. The van der Waals surface area contributed by atoms with Crippen LogP contribution >= 0.6 is 0 Å². The molecule has 0 radical (unpaired) electrons. The minimum Gasteiger partial charge on any atom is -0.465 e. The molecule has 3 nitrogen and oxygen atoms in total. The molecule has 0 spiro atoms. The predicted molar refractivity (Wildman–Crippen MR) is 76.2 cm³/mol. The van der Waals surface area contributed by atoms with E-state index in [0.29, 0.717) is 5.56 Å². The number of aryl methyl sites for hydroxylation is 1. The Labute approximate surface area is 115 Å². The van der Waals surface area contributed by atoms with Gasteiger partial charge in [0.25, 0.3) is 0 Å². The number of esters is 1. The molecule has 3 heteroatoms. The molecule has 2 N–H and O–H groups in total. The Morgan fingerprint density at radius 3 is 2.42 bits per heavy atom. The molecule has 0 aromatic heterocycles. The highest BCUT2D eigenvalue weighted by atomic mass is 16.5. The maximum Gasteiger partial charge on any atom is 0.338 e. The Bertz CT molecular complexity index is 488. The molecule has 1 aromatic rings. The molecule has 104 valence electrons. The zero-order valence-electron chi connectivity index (χ0n) is 12.1. The van der Waals surface area contributed by atoms with Gasteiger partial charge in [0.1, 0.15) is 0 Å². The van der Waals surface area contributed by atoms with E-state index in [1.807, 2.05) is 19.9 Å². The summed E-state index contributed by atoms with van der Waals surface area (Å²) >= 11 is 0. The number of methoxy groups -OCH3 is 1. The maximum atomic E-state index is 11.9. The molecule has 0 atom stereocenters. The molecule has 1 aliphatic rings. The van der Waals surface area contributed by atoms with Crippen LogP contribution in [0.2, 0.25) is 0 Å². The smallest absolute Gasteiger partial charge is 0.338 e. The van der Waals surface area contributed by atoms with Gasteiger partial charge in [0.2, 0.25) is 0 Å². The van der Waals surface area contributed by atoms with Gasteiger partial charge in [0.15, 0.2) is 0 Å². The fourth-order valence-electron chi connectivity index (χ4n) is 2.94. The SMILES string of the molecule is COC(=O)c1cc(C2(N)CCCCC2)cc(C)c1C. The third-order valence-electron chi connectivity index (χ3n) is 4.39. The summed E-state index contributed by atoms with van der Waals surface area (Å²) in [6.07, 6.45) is 5.58. The fourth-order valence-corrected chi connectivity index (χ4v) is 2.94. The van der Waals surface area contributed by atoms with Crippen LogP contribution in [-0.2, 0) is 10.3 Å². The molecular weight excluding hydrogens is 238 g/mol. The molecule has 2 rings (SSSR count). The largest absolute Gasteiger partial charge is 0.465 e. The van der Waals surface area contributed by atoms with Crippen molar-refractivity contribution in [3.05, 3.63) is 34.4 Å². The lowest BCUT2D eigenvalue weighted by Gasteiger charge is -2.34. The maximum absolute atomic E-state index is 11.9. The van der Waals surface area contributed by atoms with Gasteiger partial charge in [-0.1, -0.05) is 25.3 Å². The Balaban J connectivity index is 2.47. The van der Waals surface area contributed by atoms with Crippen molar-refractivity contribution in [1.29, 1.82) is 0 Å². The second-order valence-electron chi connectivity index (χ2n) is 5.67. The second kappa shape index (κ2) is 5.33. The molecule has 0 saturated heterocycles. The topological polar surface area (TPSA) is 52.3 Å². The van der Waals surface area contributed by atoms with Crippen LogP contribution in [0.15, 0.2) is 12.1 Å². The van der Waals surface area contributed by atoms with Crippen LogP contribution in [0.5, 0.6) is 0 Å². The first-order valence-electron chi connectivity index (χ1n) is 6.97. The van der Waals surface area contributed by atoms with Crippen molar-refractivity contribution in [2.75, 3.05) is 7.11 Å². The van der Waals surface area contributed by atoms with Crippen molar-refractivity contribution in [2.24, 2.45) is 5.73 Å². The number of carbonyl (C=O) groups excluding carboxylic acids is 1. The van der Waals surface area contributed by atoms with Gasteiger partial charge in [-0.15, -0.1) is 0 Å². The monoisotopic (exact) mass is 261 g/mol. The van der Waals surface area contributed by atoms with E-state index in [1.165, 1.54) is 13.5 Å². The van der Waals surface area contributed by atoms with Crippen molar-refractivity contribution in [1.82, 2.24) is 0 Å². The van der Waals surface area contributed by atoms with Crippen molar-refractivity contribution in [3.8, 4) is 0 Å². The van der Waals surface area contributed by atoms with Crippen LogP contribution in [0, 0.1) is 13.8 Å². The summed E-state index contributed by atoms with van der Waals surface area (Å²) in [6, 6.07) is 4.06. The van der Waals surface area contributed by atoms with E-state index < -0.39 is 0 Å². The van der Waals surface area contributed by atoms with Gasteiger partial charge in [-0.3, -0.25) is 0 Å². The van der Waals surface area contributed by atoms with Crippen LogP contribution in [0.25, 0.3) is 0 Å². The Morgan fingerprint density at radius 2 is 1.84 bits per heavy atom. The summed E-state index contributed by atoms with van der Waals surface area (Å²) in [5, 5.41) is 0. The zero-order valence-corrected chi connectivity index (χ0v) is 12.1. The lowest BCUT2D eigenvalue weighted by Crippen LogP contribution is -2.38. The van der Waals surface area contributed by atoms with E-state index in [9.17, 15) is 4.79 Å². The first-order chi connectivity index (χ1) is 8.98. The van der Waals surface area contributed by atoms with E-state index in [0.717, 1.165) is 42.4 Å². The van der Waals surface area contributed by atoms with E-state index >= 15 is 0 Å². The van der Waals surface area contributed by atoms with E-state index in [4.69, 9.17) is 10.5 Å². The van der Waals surface area contributed by atoms with Crippen molar-refractivity contribution < 1.29 is 9.53 Å². The summed E-state index contributed by atoms with van der Waals surface area (Å²) in [4.78, 5) is 11.9. The van der Waals surface area contributed by atoms with E-state index in [-0.39, 0.29) is 11.5 Å². The van der Waals surface area contributed by atoms with Crippen LogP contribution in [0.1, 0.15) is 59.2 Å². The van der Waals surface area contributed by atoms with Crippen LogP contribution < -0.4 is 5.73 Å². The van der Waals surface area contributed by atoms with Crippen LogP contribution in [-0.4, -0.2) is 13.1 Å². The molecule has 0 unspecified atom stereocenters. The summed E-state index contributed by atoms with van der Waals surface area (Å²) < 4.78 is 4.87. The number of hydrogen-bond acceptors (Lipinski definition) is 3. The molecule has 1 aromatic carbocycles. The standard InChI is InChI=1S/C16H23NO2/c1-11-9-13(16(17)7-5-4-6-8-16)10-14(12(11)2)15(18)19-3/h9-10H,4-8,17H2,1-3H3. The number of ether oxygens (including phenoxy) is 1. The lowest BCUT2D eigenvalue weighted by molar-refractivity contribution is 0.0599. The minimum atomic E-state index is -0.278. The minimum absolute atomic E-state index is 0.276.